The maximum absolute atomic E-state index is 12.3. The monoisotopic (exact) mass is 342 g/mol. The second-order valence-electron chi connectivity index (χ2n) is 6.36. The Morgan fingerprint density at radius 3 is 2.32 bits per heavy atom. The van der Waals surface area contributed by atoms with Crippen LogP contribution >= 0.6 is 0 Å². The molecule has 0 aliphatic carbocycles. The Hall–Kier alpha value is -3.03. The predicted octanol–water partition coefficient (Wildman–Crippen LogP) is 1.99. The summed E-state index contributed by atoms with van der Waals surface area (Å²) < 4.78 is 5.12. The molecular formula is C17H18N4O4. The fraction of sp³-hybridized carbons (Fsp3) is 0.353. The Labute approximate surface area is 144 Å². The highest BCUT2D eigenvalue weighted by Gasteiger charge is 2.45. The molecule has 0 radical (unpaired) electrons. The molecule has 1 aromatic heterocycles. The Morgan fingerprint density at radius 1 is 1.04 bits per heavy atom. The maximum Gasteiger partial charge on any atom is 0.334 e. The molecular weight excluding hydrogens is 324 g/mol. The van der Waals surface area contributed by atoms with Gasteiger partial charge in [-0.1, -0.05) is 48.8 Å². The van der Waals surface area contributed by atoms with Crippen LogP contribution in [0.4, 0.5) is 4.79 Å². The van der Waals surface area contributed by atoms with Crippen molar-refractivity contribution in [2.24, 2.45) is 5.92 Å². The van der Waals surface area contributed by atoms with Crippen LogP contribution in [0.5, 0.6) is 0 Å². The average Bonchev–Trinajstić information content (AvgIpc) is 3.11. The lowest BCUT2D eigenvalue weighted by atomic mass is 10.1. The number of hydrogen-bond acceptors (Lipinski definition) is 6. The number of aromatic nitrogens is 2. The Balaban J connectivity index is 1.76. The van der Waals surface area contributed by atoms with Gasteiger partial charge in [0.2, 0.25) is 11.7 Å². The summed E-state index contributed by atoms with van der Waals surface area (Å²) in [5.74, 6) is -1.18. The molecule has 25 heavy (non-hydrogen) atoms. The number of nitrogens with zero attached hydrogens (tertiary/aromatic N) is 4. The average molecular weight is 342 g/mol. The fourth-order valence-corrected chi connectivity index (χ4v) is 2.49. The first-order valence-electron chi connectivity index (χ1n) is 7.93. The lowest BCUT2D eigenvalue weighted by molar-refractivity contribution is -0.143. The highest BCUT2D eigenvalue weighted by Crippen LogP contribution is 2.20. The van der Waals surface area contributed by atoms with Crippen LogP contribution in [0.25, 0.3) is 11.4 Å². The first-order chi connectivity index (χ1) is 11.9. The van der Waals surface area contributed by atoms with E-state index in [0.29, 0.717) is 5.82 Å². The van der Waals surface area contributed by atoms with Gasteiger partial charge in [0.1, 0.15) is 6.54 Å². The first-order valence-corrected chi connectivity index (χ1v) is 7.93. The van der Waals surface area contributed by atoms with Crippen LogP contribution in [0.3, 0.4) is 0 Å². The molecule has 130 valence electrons. The summed E-state index contributed by atoms with van der Waals surface area (Å²) in [6.45, 7) is 5.66. The van der Waals surface area contributed by atoms with E-state index in [4.69, 9.17) is 4.52 Å². The number of rotatable bonds is 5. The molecule has 8 nitrogen and oxygen atoms in total. The standard InChI is InChI=1S/C17H18N4O4/c1-10(2)8-20-15(22)16(23)21(17(20)24)9-13-18-14(19-25-13)12-6-4-11(3)5-7-12/h4-7,10H,8-9H2,1-3H3. The van der Waals surface area contributed by atoms with Crippen molar-refractivity contribution in [2.75, 3.05) is 6.54 Å². The topological polar surface area (TPSA) is 96.6 Å². The molecule has 1 aliphatic heterocycles. The smallest absolute Gasteiger partial charge is 0.334 e. The second-order valence-corrected chi connectivity index (χ2v) is 6.36. The zero-order chi connectivity index (χ0) is 18.1. The Bertz CT molecular complexity index is 825. The Kier molecular flexibility index (Phi) is 4.35. The number of hydrogen-bond donors (Lipinski definition) is 0. The summed E-state index contributed by atoms with van der Waals surface area (Å²) in [4.78, 5) is 42.3. The van der Waals surface area contributed by atoms with Crippen molar-refractivity contribution in [3.63, 3.8) is 0 Å². The summed E-state index contributed by atoms with van der Waals surface area (Å²) >= 11 is 0. The first kappa shape index (κ1) is 16.8. The summed E-state index contributed by atoms with van der Waals surface area (Å²) in [7, 11) is 0. The van der Waals surface area contributed by atoms with E-state index < -0.39 is 17.8 Å². The van der Waals surface area contributed by atoms with Crippen molar-refractivity contribution >= 4 is 17.8 Å². The highest BCUT2D eigenvalue weighted by atomic mass is 16.5. The van der Waals surface area contributed by atoms with Gasteiger partial charge in [0.05, 0.1) is 0 Å². The van der Waals surface area contributed by atoms with Crippen molar-refractivity contribution in [2.45, 2.75) is 27.3 Å². The van der Waals surface area contributed by atoms with Gasteiger partial charge in [-0.3, -0.25) is 14.5 Å². The fourth-order valence-electron chi connectivity index (χ4n) is 2.49. The molecule has 0 spiro atoms. The third-order valence-corrected chi connectivity index (χ3v) is 3.75. The minimum absolute atomic E-state index is 0.0668. The van der Waals surface area contributed by atoms with Gasteiger partial charge in [0, 0.05) is 12.1 Å². The zero-order valence-corrected chi connectivity index (χ0v) is 14.2. The van der Waals surface area contributed by atoms with Gasteiger partial charge in [-0.25, -0.2) is 9.69 Å². The molecule has 1 fully saturated rings. The minimum Gasteiger partial charge on any atom is -0.337 e. The number of benzene rings is 1. The molecule has 3 rings (SSSR count). The van der Waals surface area contributed by atoms with Crippen LogP contribution in [0, 0.1) is 12.8 Å². The van der Waals surface area contributed by atoms with Crippen molar-refractivity contribution in [3.8, 4) is 11.4 Å². The highest BCUT2D eigenvalue weighted by molar-refractivity contribution is 6.44. The van der Waals surface area contributed by atoms with Crippen LogP contribution in [0.15, 0.2) is 28.8 Å². The van der Waals surface area contributed by atoms with Crippen LogP contribution < -0.4 is 0 Å². The zero-order valence-electron chi connectivity index (χ0n) is 14.2. The number of urea groups is 1. The lowest BCUT2D eigenvalue weighted by Gasteiger charge is -2.15. The quantitative estimate of drug-likeness (QED) is 0.609. The van der Waals surface area contributed by atoms with E-state index in [1.54, 1.807) is 0 Å². The maximum atomic E-state index is 12.3. The van der Waals surface area contributed by atoms with Crippen molar-refractivity contribution in [1.29, 1.82) is 0 Å². The van der Waals surface area contributed by atoms with Crippen molar-refractivity contribution in [1.82, 2.24) is 19.9 Å². The molecule has 0 bridgehead atoms. The van der Waals surface area contributed by atoms with Crippen LogP contribution in [0.2, 0.25) is 0 Å². The number of carbonyl (C=O) groups excluding carboxylic acids is 3. The van der Waals surface area contributed by atoms with E-state index >= 15 is 0 Å². The Morgan fingerprint density at radius 2 is 1.68 bits per heavy atom. The summed E-state index contributed by atoms with van der Waals surface area (Å²) in [5, 5.41) is 3.86. The number of imide groups is 2. The van der Waals surface area contributed by atoms with Gasteiger partial charge in [-0.05, 0) is 12.8 Å². The molecule has 8 heteroatoms. The van der Waals surface area contributed by atoms with Crippen LogP contribution in [-0.4, -0.2) is 44.3 Å². The summed E-state index contributed by atoms with van der Waals surface area (Å²) in [5.41, 5.74) is 1.86. The van der Waals surface area contributed by atoms with Gasteiger partial charge >= 0.3 is 17.8 Å². The van der Waals surface area contributed by atoms with Gasteiger partial charge in [-0.15, -0.1) is 0 Å². The molecule has 2 heterocycles. The van der Waals surface area contributed by atoms with E-state index in [-0.39, 0.29) is 24.9 Å². The third kappa shape index (κ3) is 3.28. The summed E-state index contributed by atoms with van der Waals surface area (Å²) in [6, 6.07) is 6.88. The van der Waals surface area contributed by atoms with Crippen LogP contribution in [0.1, 0.15) is 25.3 Å². The van der Waals surface area contributed by atoms with Crippen LogP contribution in [-0.2, 0) is 16.1 Å². The van der Waals surface area contributed by atoms with E-state index in [9.17, 15) is 14.4 Å². The lowest BCUT2D eigenvalue weighted by Crippen LogP contribution is -2.35. The SMILES string of the molecule is Cc1ccc(-c2noc(CN3C(=O)C(=O)N(CC(C)C)C3=O)n2)cc1. The largest absolute Gasteiger partial charge is 0.337 e. The van der Waals surface area contributed by atoms with Gasteiger partial charge in [0.15, 0.2) is 0 Å². The van der Waals surface area contributed by atoms with E-state index in [2.05, 4.69) is 10.1 Å². The van der Waals surface area contributed by atoms with E-state index in [0.717, 1.165) is 20.9 Å². The molecule has 1 aliphatic rings. The van der Waals surface area contributed by atoms with E-state index in [1.807, 2.05) is 45.0 Å². The van der Waals surface area contributed by atoms with Gasteiger partial charge in [0.25, 0.3) is 0 Å². The third-order valence-electron chi connectivity index (χ3n) is 3.75. The van der Waals surface area contributed by atoms with Crippen molar-refractivity contribution in [3.05, 3.63) is 35.7 Å². The molecule has 0 unspecified atom stereocenters. The molecule has 0 saturated carbocycles. The number of aryl methyl sites for hydroxylation is 1. The minimum atomic E-state index is -0.874. The summed E-state index contributed by atoms with van der Waals surface area (Å²) in [6.07, 6.45) is 0. The molecule has 1 aromatic carbocycles. The molecule has 0 N–H and O–H groups in total. The normalized spacial score (nSPS) is 15.0. The molecule has 0 atom stereocenters. The molecule has 2 aromatic rings. The van der Waals surface area contributed by atoms with E-state index in [1.165, 1.54) is 0 Å². The van der Waals surface area contributed by atoms with Gasteiger partial charge in [-0.2, -0.15) is 4.98 Å². The predicted molar refractivity (Wildman–Crippen MR) is 87.0 cm³/mol. The molecule has 4 amide bonds. The van der Waals surface area contributed by atoms with Gasteiger partial charge < -0.3 is 4.52 Å². The number of carbonyl (C=O) groups is 3. The molecule has 1 saturated heterocycles. The number of amides is 4. The second kappa shape index (κ2) is 6.46. The van der Waals surface area contributed by atoms with Crippen molar-refractivity contribution < 1.29 is 18.9 Å².